The van der Waals surface area contributed by atoms with Gasteiger partial charge >= 0.3 is 6.01 Å². The molecule has 1 N–H and O–H groups in total. The summed E-state index contributed by atoms with van der Waals surface area (Å²) in [6, 6.07) is 14.2. The van der Waals surface area contributed by atoms with Crippen molar-refractivity contribution >= 4 is 11.6 Å². The number of amides is 1. The number of aromatic nitrogens is 3. The van der Waals surface area contributed by atoms with E-state index >= 15 is 0 Å². The summed E-state index contributed by atoms with van der Waals surface area (Å²) in [5.41, 5.74) is 1.37. The SMILES string of the molecule is COc1nc(-c2ccco2)n(-c2ccc(NC(=O)c3ccco3)cc2)n1. The van der Waals surface area contributed by atoms with E-state index in [0.717, 1.165) is 5.69 Å². The number of carbonyl (C=O) groups is 1. The quantitative estimate of drug-likeness (QED) is 0.593. The summed E-state index contributed by atoms with van der Waals surface area (Å²) in [6.07, 6.45) is 3.01. The topological polar surface area (TPSA) is 95.3 Å². The lowest BCUT2D eigenvalue weighted by Crippen LogP contribution is -2.10. The molecule has 0 aliphatic heterocycles. The zero-order chi connectivity index (χ0) is 17.9. The first kappa shape index (κ1) is 15.7. The van der Waals surface area contributed by atoms with E-state index in [1.165, 1.54) is 13.4 Å². The van der Waals surface area contributed by atoms with Gasteiger partial charge in [0.25, 0.3) is 5.91 Å². The van der Waals surface area contributed by atoms with Crippen LogP contribution in [0.2, 0.25) is 0 Å². The number of nitrogens with zero attached hydrogens (tertiary/aromatic N) is 3. The number of methoxy groups -OCH3 is 1. The molecule has 0 aliphatic rings. The Hall–Kier alpha value is -3.81. The molecule has 1 amide bonds. The van der Waals surface area contributed by atoms with Crippen molar-refractivity contribution in [1.82, 2.24) is 14.8 Å². The first-order valence-corrected chi connectivity index (χ1v) is 7.75. The highest BCUT2D eigenvalue weighted by Gasteiger charge is 2.16. The van der Waals surface area contributed by atoms with E-state index in [-0.39, 0.29) is 17.7 Å². The first-order valence-electron chi connectivity index (χ1n) is 7.75. The van der Waals surface area contributed by atoms with Gasteiger partial charge in [-0.3, -0.25) is 4.79 Å². The molecule has 0 radical (unpaired) electrons. The van der Waals surface area contributed by atoms with Gasteiger partial charge in [0.05, 0.1) is 25.3 Å². The molecule has 26 heavy (non-hydrogen) atoms. The number of benzene rings is 1. The van der Waals surface area contributed by atoms with E-state index in [4.69, 9.17) is 13.6 Å². The zero-order valence-corrected chi connectivity index (χ0v) is 13.7. The molecule has 4 aromatic rings. The van der Waals surface area contributed by atoms with Gasteiger partial charge in [0.2, 0.25) is 5.82 Å². The average Bonchev–Trinajstić information content (AvgIpc) is 3.42. The monoisotopic (exact) mass is 350 g/mol. The average molecular weight is 350 g/mol. The van der Waals surface area contributed by atoms with Crippen molar-refractivity contribution in [2.24, 2.45) is 0 Å². The Bertz CT molecular complexity index is 1000. The maximum Gasteiger partial charge on any atom is 0.336 e. The fraction of sp³-hybridized carbons (Fsp3) is 0.0556. The van der Waals surface area contributed by atoms with E-state index < -0.39 is 0 Å². The lowest BCUT2D eigenvalue weighted by Gasteiger charge is -2.06. The highest BCUT2D eigenvalue weighted by molar-refractivity contribution is 6.02. The molecule has 0 unspecified atom stereocenters. The number of hydrogen-bond donors (Lipinski definition) is 1. The molecule has 3 heterocycles. The van der Waals surface area contributed by atoms with Gasteiger partial charge in [0.15, 0.2) is 11.5 Å². The van der Waals surface area contributed by atoms with Crippen molar-refractivity contribution in [2.45, 2.75) is 0 Å². The summed E-state index contributed by atoms with van der Waals surface area (Å²) in [7, 11) is 1.50. The Kier molecular flexibility index (Phi) is 3.98. The third-order valence-electron chi connectivity index (χ3n) is 3.63. The van der Waals surface area contributed by atoms with Gasteiger partial charge in [0.1, 0.15) is 0 Å². The Morgan fingerprint density at radius 2 is 1.85 bits per heavy atom. The number of furan rings is 2. The lowest BCUT2D eigenvalue weighted by atomic mass is 10.2. The third kappa shape index (κ3) is 2.95. The number of hydrogen-bond acceptors (Lipinski definition) is 6. The van der Waals surface area contributed by atoms with Crippen LogP contribution >= 0.6 is 0 Å². The second-order valence-electron chi connectivity index (χ2n) is 5.29. The molecule has 0 fully saturated rings. The smallest absolute Gasteiger partial charge is 0.336 e. The predicted octanol–water partition coefficient (Wildman–Crippen LogP) is 3.38. The van der Waals surface area contributed by atoms with Crippen LogP contribution in [0.3, 0.4) is 0 Å². The minimum atomic E-state index is -0.318. The van der Waals surface area contributed by atoms with Crippen molar-refractivity contribution in [1.29, 1.82) is 0 Å². The van der Waals surface area contributed by atoms with Crippen molar-refractivity contribution in [3.8, 4) is 23.3 Å². The van der Waals surface area contributed by atoms with Gasteiger partial charge in [0, 0.05) is 5.69 Å². The number of rotatable bonds is 5. The maximum absolute atomic E-state index is 12.0. The normalized spacial score (nSPS) is 10.7. The Labute approximate surface area is 148 Å². The molecule has 1 aromatic carbocycles. The second kappa shape index (κ2) is 6.60. The van der Waals surface area contributed by atoms with Gasteiger partial charge < -0.3 is 18.9 Å². The molecule has 3 aromatic heterocycles. The molecule has 0 spiro atoms. The fourth-order valence-corrected chi connectivity index (χ4v) is 2.41. The largest absolute Gasteiger partial charge is 0.466 e. The van der Waals surface area contributed by atoms with Gasteiger partial charge in [-0.1, -0.05) is 0 Å². The summed E-state index contributed by atoms with van der Waals surface area (Å²) in [4.78, 5) is 16.3. The van der Waals surface area contributed by atoms with E-state index in [1.807, 2.05) is 0 Å². The molecular formula is C18H14N4O4. The Balaban J connectivity index is 1.61. The van der Waals surface area contributed by atoms with Crippen LogP contribution in [0.25, 0.3) is 17.3 Å². The summed E-state index contributed by atoms with van der Waals surface area (Å²) in [5, 5.41) is 7.07. The first-order chi connectivity index (χ1) is 12.7. The molecular weight excluding hydrogens is 336 g/mol. The Morgan fingerprint density at radius 3 is 2.50 bits per heavy atom. The van der Waals surface area contributed by atoms with E-state index in [9.17, 15) is 4.79 Å². The maximum atomic E-state index is 12.0. The van der Waals surface area contributed by atoms with Crippen LogP contribution in [0.4, 0.5) is 5.69 Å². The van der Waals surface area contributed by atoms with Crippen molar-refractivity contribution in [3.05, 3.63) is 66.8 Å². The van der Waals surface area contributed by atoms with Gasteiger partial charge in [-0.25, -0.2) is 4.68 Å². The summed E-state index contributed by atoms with van der Waals surface area (Å²) in [6.45, 7) is 0. The highest BCUT2D eigenvalue weighted by Crippen LogP contribution is 2.24. The lowest BCUT2D eigenvalue weighted by molar-refractivity contribution is 0.0996. The molecule has 0 saturated heterocycles. The van der Waals surface area contributed by atoms with E-state index in [2.05, 4.69) is 15.4 Å². The van der Waals surface area contributed by atoms with Crippen LogP contribution < -0.4 is 10.1 Å². The molecule has 0 atom stereocenters. The Morgan fingerprint density at radius 1 is 1.08 bits per heavy atom. The van der Waals surface area contributed by atoms with Gasteiger partial charge in [-0.05, 0) is 48.5 Å². The van der Waals surface area contributed by atoms with E-state index in [1.54, 1.807) is 59.5 Å². The number of nitrogens with one attached hydrogen (secondary N) is 1. The molecule has 0 bridgehead atoms. The minimum Gasteiger partial charge on any atom is -0.466 e. The molecule has 0 aliphatic carbocycles. The van der Waals surface area contributed by atoms with Crippen molar-refractivity contribution in [2.75, 3.05) is 12.4 Å². The minimum absolute atomic E-state index is 0.228. The van der Waals surface area contributed by atoms with Crippen LogP contribution in [0.1, 0.15) is 10.6 Å². The number of carbonyl (C=O) groups excluding carboxylic acids is 1. The molecule has 8 nitrogen and oxygen atoms in total. The summed E-state index contributed by atoms with van der Waals surface area (Å²) >= 11 is 0. The van der Waals surface area contributed by atoms with E-state index in [0.29, 0.717) is 17.3 Å². The number of ether oxygens (including phenoxy) is 1. The summed E-state index contributed by atoms with van der Waals surface area (Å²) < 4.78 is 17.2. The van der Waals surface area contributed by atoms with Crippen LogP contribution in [-0.2, 0) is 0 Å². The van der Waals surface area contributed by atoms with Crippen LogP contribution in [0.5, 0.6) is 6.01 Å². The third-order valence-corrected chi connectivity index (χ3v) is 3.63. The molecule has 130 valence electrons. The summed E-state index contributed by atoms with van der Waals surface area (Å²) in [5.74, 6) is 1.01. The number of anilines is 1. The fourth-order valence-electron chi connectivity index (χ4n) is 2.41. The van der Waals surface area contributed by atoms with Crippen LogP contribution in [0, 0.1) is 0 Å². The van der Waals surface area contributed by atoms with Crippen LogP contribution in [0.15, 0.2) is 69.9 Å². The van der Waals surface area contributed by atoms with Gasteiger partial charge in [-0.15, -0.1) is 5.10 Å². The highest BCUT2D eigenvalue weighted by atomic mass is 16.5. The zero-order valence-electron chi connectivity index (χ0n) is 13.7. The molecule has 8 heteroatoms. The molecule has 0 saturated carbocycles. The van der Waals surface area contributed by atoms with Crippen LogP contribution in [-0.4, -0.2) is 27.8 Å². The van der Waals surface area contributed by atoms with Crippen molar-refractivity contribution < 1.29 is 18.4 Å². The predicted molar refractivity (Wildman–Crippen MR) is 92.3 cm³/mol. The molecule has 4 rings (SSSR count). The standard InChI is InChI=1S/C18H14N4O4/c1-24-18-20-16(14-4-2-10-25-14)22(21-18)13-8-6-12(7-9-13)19-17(23)15-5-3-11-26-15/h2-11H,1H3,(H,19,23). The van der Waals surface area contributed by atoms with Gasteiger partial charge in [-0.2, -0.15) is 4.98 Å². The second-order valence-corrected chi connectivity index (χ2v) is 5.29. The van der Waals surface area contributed by atoms with Crippen molar-refractivity contribution in [3.63, 3.8) is 0 Å².